The van der Waals surface area contributed by atoms with Gasteiger partial charge in [-0.05, 0) is 81.0 Å². The summed E-state index contributed by atoms with van der Waals surface area (Å²) in [7, 11) is 0. The Morgan fingerprint density at radius 3 is 2.33 bits per heavy atom. The van der Waals surface area contributed by atoms with E-state index in [0.717, 1.165) is 17.7 Å². The van der Waals surface area contributed by atoms with Crippen LogP contribution in [0.2, 0.25) is 0 Å². The van der Waals surface area contributed by atoms with Gasteiger partial charge in [-0.25, -0.2) is 0 Å². The van der Waals surface area contributed by atoms with Crippen LogP contribution in [0.15, 0.2) is 112 Å². The number of rotatable bonds is 3. The van der Waals surface area contributed by atoms with Gasteiger partial charge in [0.05, 0.1) is 5.71 Å². The first-order chi connectivity index (χ1) is 19.2. The van der Waals surface area contributed by atoms with Crippen LogP contribution in [0.5, 0.6) is 0 Å². The molecule has 0 bridgehead atoms. The SMILES string of the molecule is C1=CSc2ccccc2C(c2ccccc2)=N1.CCC1(CC)CC=c2ccc3c(c2C1)CC=c1ccccc1=3. The van der Waals surface area contributed by atoms with Gasteiger partial charge in [0.25, 0.3) is 0 Å². The molecule has 0 fully saturated rings. The zero-order valence-electron chi connectivity index (χ0n) is 22.9. The lowest BCUT2D eigenvalue weighted by Gasteiger charge is -2.35. The molecule has 2 aliphatic carbocycles. The number of hydrogen-bond acceptors (Lipinski definition) is 2. The molecule has 39 heavy (non-hydrogen) atoms. The molecule has 0 saturated heterocycles. The largest absolute Gasteiger partial charge is 0.255 e. The molecule has 4 aromatic rings. The number of thioether (sulfide) groups is 1. The summed E-state index contributed by atoms with van der Waals surface area (Å²) in [5, 5.41) is 7.79. The van der Waals surface area contributed by atoms with Crippen LogP contribution in [-0.2, 0) is 12.8 Å². The second-order valence-electron chi connectivity index (χ2n) is 10.7. The topological polar surface area (TPSA) is 12.4 Å². The van der Waals surface area contributed by atoms with Gasteiger partial charge in [-0.2, -0.15) is 0 Å². The lowest BCUT2D eigenvalue weighted by Crippen LogP contribution is -2.31. The molecule has 194 valence electrons. The Hall–Kier alpha value is -3.62. The zero-order chi connectivity index (χ0) is 26.7. The molecule has 1 nitrogen and oxygen atoms in total. The van der Waals surface area contributed by atoms with Crippen LogP contribution in [0.4, 0.5) is 0 Å². The highest BCUT2D eigenvalue weighted by Crippen LogP contribution is 2.38. The van der Waals surface area contributed by atoms with Crippen molar-refractivity contribution < 1.29 is 0 Å². The highest BCUT2D eigenvalue weighted by molar-refractivity contribution is 8.02. The lowest BCUT2D eigenvalue weighted by atomic mass is 9.70. The van der Waals surface area contributed by atoms with Crippen molar-refractivity contribution in [2.75, 3.05) is 0 Å². The van der Waals surface area contributed by atoms with Crippen molar-refractivity contribution in [1.29, 1.82) is 0 Å². The van der Waals surface area contributed by atoms with Crippen molar-refractivity contribution in [3.8, 4) is 0 Å². The molecule has 0 radical (unpaired) electrons. The standard InChI is InChI=1S/C22H24.C15H11NS/c1-3-22(4-2)14-13-17-10-11-19-18-8-6-5-7-16(18)9-12-20(19)21(17)15-22;1-2-6-12(7-3-1)15-13-8-4-5-9-14(13)17-11-10-16-15/h5-11,13H,3-4,12,14-15H2,1-2H3;1-11H. The molecule has 3 aliphatic rings. The van der Waals surface area contributed by atoms with E-state index in [1.807, 2.05) is 29.8 Å². The van der Waals surface area contributed by atoms with E-state index in [0.29, 0.717) is 5.41 Å². The molecule has 0 spiro atoms. The number of hydrogen-bond donors (Lipinski definition) is 0. The fourth-order valence-electron chi connectivity index (χ4n) is 6.16. The summed E-state index contributed by atoms with van der Waals surface area (Å²) in [4.78, 5) is 5.80. The third-order valence-electron chi connectivity index (χ3n) is 8.70. The van der Waals surface area contributed by atoms with E-state index in [1.165, 1.54) is 57.0 Å². The zero-order valence-corrected chi connectivity index (χ0v) is 23.7. The van der Waals surface area contributed by atoms with Gasteiger partial charge in [-0.15, -0.1) is 0 Å². The highest BCUT2D eigenvalue weighted by Gasteiger charge is 2.29. The fourth-order valence-corrected chi connectivity index (χ4v) is 6.88. The molecule has 0 unspecified atom stereocenters. The Morgan fingerprint density at radius 2 is 1.49 bits per heavy atom. The average molecular weight is 526 g/mol. The fraction of sp³-hybridized carbons (Fsp3) is 0.216. The molecule has 0 saturated carbocycles. The minimum atomic E-state index is 0.485. The maximum atomic E-state index is 4.55. The van der Waals surface area contributed by atoms with Crippen molar-refractivity contribution in [1.82, 2.24) is 0 Å². The van der Waals surface area contributed by atoms with Crippen LogP contribution in [0.1, 0.15) is 55.4 Å². The number of nitrogens with zero attached hydrogens (tertiary/aromatic N) is 1. The minimum absolute atomic E-state index is 0.485. The van der Waals surface area contributed by atoms with Gasteiger partial charge in [0, 0.05) is 22.2 Å². The maximum Gasteiger partial charge on any atom is 0.0785 e. The van der Waals surface area contributed by atoms with Gasteiger partial charge >= 0.3 is 0 Å². The van der Waals surface area contributed by atoms with Crippen LogP contribution < -0.4 is 10.4 Å². The summed E-state index contributed by atoms with van der Waals surface area (Å²) >= 11 is 1.71. The first-order valence-corrected chi connectivity index (χ1v) is 15.0. The molecule has 0 N–H and O–H groups in total. The van der Waals surface area contributed by atoms with Crippen LogP contribution in [-0.4, -0.2) is 5.71 Å². The molecule has 2 heteroatoms. The van der Waals surface area contributed by atoms with Gasteiger partial charge in [-0.1, -0.05) is 123 Å². The molecular formula is C37H35NS. The summed E-state index contributed by atoms with van der Waals surface area (Å²) in [5.74, 6) is 0. The summed E-state index contributed by atoms with van der Waals surface area (Å²) in [6, 6.07) is 32.2. The van der Waals surface area contributed by atoms with E-state index in [4.69, 9.17) is 0 Å². The molecular weight excluding hydrogens is 490 g/mol. The summed E-state index contributed by atoms with van der Waals surface area (Å²) in [5.41, 5.74) is 7.10. The molecule has 4 aromatic carbocycles. The first-order valence-electron chi connectivity index (χ1n) is 14.2. The molecule has 0 aromatic heterocycles. The van der Waals surface area contributed by atoms with Crippen molar-refractivity contribution in [2.24, 2.45) is 10.4 Å². The number of benzene rings is 4. The van der Waals surface area contributed by atoms with Crippen molar-refractivity contribution in [3.63, 3.8) is 0 Å². The van der Waals surface area contributed by atoms with Crippen molar-refractivity contribution in [2.45, 2.75) is 50.8 Å². The molecule has 0 amide bonds. The van der Waals surface area contributed by atoms with E-state index < -0.39 is 0 Å². The van der Waals surface area contributed by atoms with Gasteiger partial charge < -0.3 is 0 Å². The summed E-state index contributed by atoms with van der Waals surface area (Å²) in [6.07, 6.45) is 12.9. The molecule has 1 aliphatic heterocycles. The van der Waals surface area contributed by atoms with Gasteiger partial charge in [0.2, 0.25) is 0 Å². The van der Waals surface area contributed by atoms with E-state index in [9.17, 15) is 0 Å². The van der Waals surface area contributed by atoms with Gasteiger partial charge in [0.15, 0.2) is 0 Å². The van der Waals surface area contributed by atoms with Crippen molar-refractivity contribution >= 4 is 29.6 Å². The first kappa shape index (κ1) is 25.6. The Bertz CT molecular complexity index is 1780. The van der Waals surface area contributed by atoms with Crippen LogP contribution in [0.25, 0.3) is 12.2 Å². The number of aliphatic imine (C=N–C) groups is 1. The highest BCUT2D eigenvalue weighted by atomic mass is 32.2. The maximum absolute atomic E-state index is 4.55. The van der Waals surface area contributed by atoms with Crippen LogP contribution in [0, 0.1) is 15.9 Å². The predicted octanol–water partition coefficient (Wildman–Crippen LogP) is 7.94. The minimum Gasteiger partial charge on any atom is -0.255 e. The van der Waals surface area contributed by atoms with Crippen molar-refractivity contribution in [3.05, 3.63) is 146 Å². The van der Waals surface area contributed by atoms with Gasteiger partial charge in [0.1, 0.15) is 0 Å². The molecule has 0 atom stereocenters. The third kappa shape index (κ3) is 5.06. The Balaban J connectivity index is 0.000000147. The second kappa shape index (κ2) is 11.2. The normalized spacial score (nSPS) is 15.9. The predicted molar refractivity (Wildman–Crippen MR) is 167 cm³/mol. The Labute approximate surface area is 236 Å². The molecule has 1 heterocycles. The number of fused-ring (bicyclic) bond motifs is 5. The Morgan fingerprint density at radius 1 is 0.718 bits per heavy atom. The quantitative estimate of drug-likeness (QED) is 0.264. The monoisotopic (exact) mass is 525 g/mol. The average Bonchev–Trinajstić information content (AvgIpc) is 3.24. The molecule has 7 rings (SSSR count). The van der Waals surface area contributed by atoms with E-state index >= 15 is 0 Å². The third-order valence-corrected chi connectivity index (χ3v) is 9.57. The van der Waals surface area contributed by atoms with E-state index in [1.54, 1.807) is 22.9 Å². The summed E-state index contributed by atoms with van der Waals surface area (Å²) in [6.45, 7) is 4.72. The lowest BCUT2D eigenvalue weighted by molar-refractivity contribution is 0.264. The second-order valence-corrected chi connectivity index (χ2v) is 11.6. The van der Waals surface area contributed by atoms with E-state index in [2.05, 4.69) is 104 Å². The smallest absolute Gasteiger partial charge is 0.0785 e. The van der Waals surface area contributed by atoms with Gasteiger partial charge in [-0.3, -0.25) is 4.99 Å². The summed E-state index contributed by atoms with van der Waals surface area (Å²) < 4.78 is 0. The Kier molecular flexibility index (Phi) is 7.39. The van der Waals surface area contributed by atoms with E-state index in [-0.39, 0.29) is 0 Å². The van der Waals surface area contributed by atoms with Crippen LogP contribution in [0.3, 0.4) is 0 Å². The van der Waals surface area contributed by atoms with Crippen LogP contribution >= 0.6 is 11.8 Å².